The van der Waals surface area contributed by atoms with E-state index in [1.165, 1.54) is 0 Å². The lowest BCUT2D eigenvalue weighted by atomic mass is 9.77. The van der Waals surface area contributed by atoms with E-state index in [0.29, 0.717) is 5.92 Å². The Labute approximate surface area is 108 Å². The number of rotatable bonds is 6. The molecular formula is C15H20O3. The minimum Gasteiger partial charge on any atom is -0.293 e. The van der Waals surface area contributed by atoms with E-state index in [2.05, 4.69) is 13.8 Å². The normalized spacial score (nSPS) is 18.7. The van der Waals surface area contributed by atoms with Crippen molar-refractivity contribution in [3.05, 3.63) is 35.9 Å². The van der Waals surface area contributed by atoms with E-state index in [1.807, 2.05) is 37.3 Å². The van der Waals surface area contributed by atoms with Crippen molar-refractivity contribution in [3.63, 3.8) is 0 Å². The van der Waals surface area contributed by atoms with Gasteiger partial charge in [0, 0.05) is 5.56 Å². The summed E-state index contributed by atoms with van der Waals surface area (Å²) in [4.78, 5) is 22.5. The Kier molecular flexibility index (Phi) is 3.83. The highest BCUT2D eigenvalue weighted by Crippen LogP contribution is 2.41. The first-order valence-corrected chi connectivity index (χ1v) is 6.46. The SMILES string of the molecule is CC(C)CCC(C)(C(=O)c1ccccc1)C1OO1. The average molecular weight is 248 g/mol. The van der Waals surface area contributed by atoms with Gasteiger partial charge in [0.25, 0.3) is 0 Å². The molecule has 0 bridgehead atoms. The molecule has 2 rings (SSSR count). The molecule has 1 heterocycles. The maximum absolute atomic E-state index is 12.6. The molecule has 1 aromatic rings. The van der Waals surface area contributed by atoms with Crippen molar-refractivity contribution >= 4 is 5.78 Å². The van der Waals surface area contributed by atoms with E-state index >= 15 is 0 Å². The molecule has 1 aromatic carbocycles. The second-order valence-corrected chi connectivity index (χ2v) is 5.57. The third-order valence-corrected chi connectivity index (χ3v) is 3.51. The number of carbonyl (C=O) groups is 1. The van der Waals surface area contributed by atoms with Crippen LogP contribution < -0.4 is 0 Å². The molecule has 1 aliphatic rings. The van der Waals surface area contributed by atoms with Crippen molar-refractivity contribution in [2.45, 2.75) is 39.9 Å². The summed E-state index contributed by atoms with van der Waals surface area (Å²) in [5.74, 6) is 0.665. The molecule has 3 heteroatoms. The van der Waals surface area contributed by atoms with Gasteiger partial charge in [-0.3, -0.25) is 4.79 Å². The van der Waals surface area contributed by atoms with Gasteiger partial charge in [0.05, 0.1) is 5.41 Å². The molecule has 0 spiro atoms. The summed E-state index contributed by atoms with van der Waals surface area (Å²) in [6.45, 7) is 6.24. The second-order valence-electron chi connectivity index (χ2n) is 5.57. The molecule has 1 saturated heterocycles. The first kappa shape index (κ1) is 13.2. The summed E-state index contributed by atoms with van der Waals surface area (Å²) >= 11 is 0. The van der Waals surface area contributed by atoms with Crippen LogP contribution in [0.1, 0.15) is 44.0 Å². The molecule has 1 aliphatic heterocycles. The molecule has 0 N–H and O–H groups in total. The van der Waals surface area contributed by atoms with Gasteiger partial charge >= 0.3 is 0 Å². The smallest absolute Gasteiger partial charge is 0.237 e. The zero-order chi connectivity index (χ0) is 13.2. The maximum Gasteiger partial charge on any atom is 0.237 e. The Balaban J connectivity index is 2.16. The van der Waals surface area contributed by atoms with E-state index in [9.17, 15) is 4.79 Å². The fraction of sp³-hybridized carbons (Fsp3) is 0.533. The fourth-order valence-electron chi connectivity index (χ4n) is 2.09. The Bertz CT molecular complexity index is 409. The molecule has 0 radical (unpaired) electrons. The van der Waals surface area contributed by atoms with Crippen molar-refractivity contribution < 1.29 is 14.6 Å². The second kappa shape index (κ2) is 5.21. The third kappa shape index (κ3) is 2.79. The highest BCUT2D eigenvalue weighted by molar-refractivity contribution is 6.00. The van der Waals surface area contributed by atoms with Crippen LogP contribution >= 0.6 is 0 Å². The van der Waals surface area contributed by atoms with Crippen molar-refractivity contribution in [1.29, 1.82) is 0 Å². The predicted molar refractivity (Wildman–Crippen MR) is 68.9 cm³/mol. The first-order valence-electron chi connectivity index (χ1n) is 6.46. The standard InChI is InChI=1S/C15H20O3/c1-11(2)9-10-15(3,14-17-18-14)13(16)12-7-5-4-6-8-12/h4-8,11,14H,9-10H2,1-3H3. The highest BCUT2D eigenvalue weighted by atomic mass is 17.4. The molecular weight excluding hydrogens is 228 g/mol. The number of Topliss-reactive ketones (excluding diaryl/α,β-unsaturated/α-hetero) is 1. The van der Waals surface area contributed by atoms with E-state index in [-0.39, 0.29) is 12.1 Å². The number of ketones is 1. The van der Waals surface area contributed by atoms with Crippen molar-refractivity contribution in [3.8, 4) is 0 Å². The topological polar surface area (TPSA) is 42.1 Å². The summed E-state index contributed by atoms with van der Waals surface area (Å²) in [6, 6.07) is 9.36. The lowest BCUT2D eigenvalue weighted by Crippen LogP contribution is -2.34. The molecule has 1 fully saturated rings. The van der Waals surface area contributed by atoms with Gasteiger partial charge in [-0.2, -0.15) is 9.78 Å². The number of carbonyl (C=O) groups excluding carboxylic acids is 1. The Morgan fingerprint density at radius 3 is 2.39 bits per heavy atom. The summed E-state index contributed by atoms with van der Waals surface area (Å²) in [5, 5.41) is 0. The van der Waals surface area contributed by atoms with Gasteiger partial charge in [0.15, 0.2) is 5.78 Å². The Morgan fingerprint density at radius 1 is 1.28 bits per heavy atom. The average Bonchev–Trinajstić information content (AvgIpc) is 3.20. The van der Waals surface area contributed by atoms with Crippen LogP contribution in [-0.2, 0) is 9.78 Å². The molecule has 0 saturated carbocycles. The molecule has 1 atom stereocenters. The van der Waals surface area contributed by atoms with Crippen LogP contribution in [0.25, 0.3) is 0 Å². The molecule has 1 unspecified atom stereocenters. The molecule has 18 heavy (non-hydrogen) atoms. The van der Waals surface area contributed by atoms with Gasteiger partial charge < -0.3 is 0 Å². The van der Waals surface area contributed by atoms with Crippen LogP contribution in [0.5, 0.6) is 0 Å². The van der Waals surface area contributed by atoms with Crippen molar-refractivity contribution in [2.75, 3.05) is 0 Å². The van der Waals surface area contributed by atoms with Crippen LogP contribution in [-0.4, -0.2) is 12.1 Å². The zero-order valence-electron chi connectivity index (χ0n) is 11.2. The van der Waals surface area contributed by atoms with E-state index < -0.39 is 5.41 Å². The largest absolute Gasteiger partial charge is 0.293 e. The summed E-state index contributed by atoms with van der Waals surface area (Å²) in [7, 11) is 0. The van der Waals surface area contributed by atoms with Crippen LogP contribution in [0, 0.1) is 11.3 Å². The van der Waals surface area contributed by atoms with Gasteiger partial charge in [0.2, 0.25) is 6.29 Å². The van der Waals surface area contributed by atoms with Crippen LogP contribution in [0.4, 0.5) is 0 Å². The fourth-order valence-corrected chi connectivity index (χ4v) is 2.09. The minimum absolute atomic E-state index is 0.103. The van der Waals surface area contributed by atoms with Gasteiger partial charge in [-0.1, -0.05) is 44.2 Å². The number of hydrogen-bond donors (Lipinski definition) is 0. The van der Waals surface area contributed by atoms with Crippen LogP contribution in [0.2, 0.25) is 0 Å². The highest BCUT2D eigenvalue weighted by Gasteiger charge is 2.51. The first-order chi connectivity index (χ1) is 8.54. The quantitative estimate of drug-likeness (QED) is 0.439. The third-order valence-electron chi connectivity index (χ3n) is 3.51. The summed E-state index contributed by atoms with van der Waals surface area (Å²) in [5.41, 5.74) is 0.147. The van der Waals surface area contributed by atoms with Gasteiger partial charge in [0.1, 0.15) is 0 Å². The van der Waals surface area contributed by atoms with Crippen LogP contribution in [0.15, 0.2) is 30.3 Å². The molecule has 0 amide bonds. The summed E-state index contributed by atoms with van der Waals surface area (Å²) < 4.78 is 0. The van der Waals surface area contributed by atoms with E-state index in [4.69, 9.17) is 9.78 Å². The lowest BCUT2D eigenvalue weighted by molar-refractivity contribution is 0.0735. The van der Waals surface area contributed by atoms with E-state index in [0.717, 1.165) is 18.4 Å². The Morgan fingerprint density at radius 2 is 1.89 bits per heavy atom. The van der Waals surface area contributed by atoms with Crippen LogP contribution in [0.3, 0.4) is 0 Å². The predicted octanol–water partition coefficient (Wildman–Crippen LogP) is 3.60. The minimum atomic E-state index is -0.578. The van der Waals surface area contributed by atoms with Crippen molar-refractivity contribution in [1.82, 2.24) is 0 Å². The molecule has 98 valence electrons. The number of benzene rings is 1. The van der Waals surface area contributed by atoms with Crippen molar-refractivity contribution in [2.24, 2.45) is 11.3 Å². The molecule has 0 aromatic heterocycles. The Hall–Kier alpha value is -1.19. The lowest BCUT2D eigenvalue weighted by Gasteiger charge is -2.24. The zero-order valence-corrected chi connectivity index (χ0v) is 11.2. The molecule has 3 nitrogen and oxygen atoms in total. The molecule has 0 aliphatic carbocycles. The maximum atomic E-state index is 12.6. The monoisotopic (exact) mass is 248 g/mol. The van der Waals surface area contributed by atoms with Gasteiger partial charge in [-0.05, 0) is 25.7 Å². The number of hydrogen-bond acceptors (Lipinski definition) is 3. The van der Waals surface area contributed by atoms with Gasteiger partial charge in [-0.15, -0.1) is 0 Å². The van der Waals surface area contributed by atoms with E-state index in [1.54, 1.807) is 0 Å². The van der Waals surface area contributed by atoms with Gasteiger partial charge in [-0.25, -0.2) is 0 Å². The summed E-state index contributed by atoms with van der Waals surface area (Å²) in [6.07, 6.45) is 1.38.